The summed E-state index contributed by atoms with van der Waals surface area (Å²) in [4.78, 5) is 12.7. The molecule has 0 aliphatic rings. The highest BCUT2D eigenvalue weighted by Gasteiger charge is 2.15. The molecule has 3 rings (SSSR count). The second kappa shape index (κ2) is 5.30. The van der Waals surface area contributed by atoms with Crippen LogP contribution in [0, 0.1) is 5.82 Å². The molecule has 0 amide bonds. The standard InChI is InChI=1S/C17H11BrFNO/c18-11-7-10(8-12(20)9-11)17(21)15-5-6-16(19)14-4-2-1-3-13(14)15/h1-9H,20H2. The molecule has 21 heavy (non-hydrogen) atoms. The van der Waals surface area contributed by atoms with Gasteiger partial charge in [0.15, 0.2) is 5.78 Å². The van der Waals surface area contributed by atoms with Gasteiger partial charge in [0.2, 0.25) is 0 Å². The number of benzene rings is 3. The second-order valence-corrected chi connectivity index (χ2v) is 5.66. The van der Waals surface area contributed by atoms with E-state index >= 15 is 0 Å². The molecule has 3 aromatic rings. The third-order valence-electron chi connectivity index (χ3n) is 3.30. The Bertz CT molecular complexity index is 840. The highest BCUT2D eigenvalue weighted by Crippen LogP contribution is 2.26. The highest BCUT2D eigenvalue weighted by molar-refractivity contribution is 9.10. The summed E-state index contributed by atoms with van der Waals surface area (Å²) in [6, 6.07) is 14.8. The lowest BCUT2D eigenvalue weighted by Gasteiger charge is -2.08. The van der Waals surface area contributed by atoms with E-state index in [0.29, 0.717) is 27.6 Å². The van der Waals surface area contributed by atoms with Crippen molar-refractivity contribution in [1.82, 2.24) is 0 Å². The maximum Gasteiger partial charge on any atom is 0.193 e. The van der Waals surface area contributed by atoms with Crippen molar-refractivity contribution in [3.05, 3.63) is 76.0 Å². The Balaban J connectivity index is 2.20. The fourth-order valence-corrected chi connectivity index (χ4v) is 2.87. The van der Waals surface area contributed by atoms with Crippen molar-refractivity contribution in [1.29, 1.82) is 0 Å². The SMILES string of the molecule is Nc1cc(Br)cc(C(=O)c2ccc(F)c3ccccc23)c1. The van der Waals surface area contributed by atoms with Gasteiger partial charge in [0.1, 0.15) is 5.82 Å². The molecule has 4 heteroatoms. The van der Waals surface area contributed by atoms with Crippen LogP contribution in [0.3, 0.4) is 0 Å². The first kappa shape index (κ1) is 13.8. The van der Waals surface area contributed by atoms with Gasteiger partial charge in [-0.3, -0.25) is 4.79 Å². The van der Waals surface area contributed by atoms with Gasteiger partial charge in [-0.1, -0.05) is 40.2 Å². The van der Waals surface area contributed by atoms with Gasteiger partial charge in [-0.15, -0.1) is 0 Å². The van der Waals surface area contributed by atoms with Gasteiger partial charge in [0.25, 0.3) is 0 Å². The third kappa shape index (κ3) is 2.54. The molecule has 0 aliphatic heterocycles. The van der Waals surface area contributed by atoms with Crippen molar-refractivity contribution in [2.24, 2.45) is 0 Å². The summed E-state index contributed by atoms with van der Waals surface area (Å²) < 4.78 is 14.6. The summed E-state index contributed by atoms with van der Waals surface area (Å²) in [5.41, 5.74) is 7.20. The molecular formula is C17H11BrFNO. The molecule has 0 spiro atoms. The molecular weight excluding hydrogens is 333 g/mol. The van der Waals surface area contributed by atoms with Crippen molar-refractivity contribution < 1.29 is 9.18 Å². The van der Waals surface area contributed by atoms with E-state index in [0.717, 1.165) is 4.47 Å². The predicted molar refractivity (Wildman–Crippen MR) is 85.9 cm³/mol. The molecule has 2 N–H and O–H groups in total. The minimum atomic E-state index is -0.337. The molecule has 0 saturated carbocycles. The quantitative estimate of drug-likeness (QED) is 0.547. The average Bonchev–Trinajstić information content (AvgIpc) is 2.46. The highest BCUT2D eigenvalue weighted by atomic mass is 79.9. The Morgan fingerprint density at radius 2 is 1.71 bits per heavy atom. The summed E-state index contributed by atoms with van der Waals surface area (Å²) >= 11 is 3.32. The number of hydrogen-bond acceptors (Lipinski definition) is 2. The first-order valence-corrected chi connectivity index (χ1v) is 7.13. The molecule has 0 saturated heterocycles. The molecule has 0 aromatic heterocycles. The average molecular weight is 344 g/mol. The van der Waals surface area contributed by atoms with E-state index in [2.05, 4.69) is 15.9 Å². The maximum atomic E-state index is 13.8. The predicted octanol–water partition coefficient (Wildman–Crippen LogP) is 4.55. The second-order valence-electron chi connectivity index (χ2n) is 4.74. The van der Waals surface area contributed by atoms with Crippen molar-refractivity contribution in [3.8, 4) is 0 Å². The molecule has 0 radical (unpaired) electrons. The first-order chi connectivity index (χ1) is 10.1. The summed E-state index contributed by atoms with van der Waals surface area (Å²) in [5, 5.41) is 1.03. The Labute approximate surface area is 129 Å². The van der Waals surface area contributed by atoms with Crippen LogP contribution in [-0.2, 0) is 0 Å². The summed E-state index contributed by atoms with van der Waals surface area (Å²) in [6.45, 7) is 0. The number of nitrogen functional groups attached to an aromatic ring is 1. The number of nitrogens with two attached hydrogens (primary N) is 1. The van der Waals surface area contributed by atoms with Gasteiger partial charge in [-0.25, -0.2) is 4.39 Å². The van der Waals surface area contributed by atoms with E-state index in [1.165, 1.54) is 12.1 Å². The van der Waals surface area contributed by atoms with Crippen LogP contribution in [0.25, 0.3) is 10.8 Å². The minimum absolute atomic E-state index is 0.181. The topological polar surface area (TPSA) is 43.1 Å². The van der Waals surface area contributed by atoms with Gasteiger partial charge < -0.3 is 5.73 Å². The molecule has 2 nitrogen and oxygen atoms in total. The van der Waals surface area contributed by atoms with Crippen molar-refractivity contribution in [3.63, 3.8) is 0 Å². The normalized spacial score (nSPS) is 10.8. The Kier molecular flexibility index (Phi) is 3.47. The van der Waals surface area contributed by atoms with Crippen LogP contribution in [0.1, 0.15) is 15.9 Å². The molecule has 0 unspecified atom stereocenters. The molecule has 3 aromatic carbocycles. The molecule has 0 bridgehead atoms. The molecule has 0 fully saturated rings. The third-order valence-corrected chi connectivity index (χ3v) is 3.76. The smallest absolute Gasteiger partial charge is 0.193 e. The molecule has 0 heterocycles. The van der Waals surface area contributed by atoms with Gasteiger partial charge >= 0.3 is 0 Å². The number of anilines is 1. The van der Waals surface area contributed by atoms with E-state index in [1.807, 2.05) is 0 Å². The monoisotopic (exact) mass is 343 g/mol. The van der Waals surface area contributed by atoms with Crippen LogP contribution in [0.2, 0.25) is 0 Å². The van der Waals surface area contributed by atoms with Gasteiger partial charge in [0.05, 0.1) is 0 Å². The van der Waals surface area contributed by atoms with E-state index in [1.54, 1.807) is 42.5 Å². The van der Waals surface area contributed by atoms with Gasteiger partial charge in [-0.2, -0.15) is 0 Å². The summed E-state index contributed by atoms with van der Waals surface area (Å²) in [7, 11) is 0. The lowest BCUT2D eigenvalue weighted by molar-refractivity contribution is 0.104. The number of ketones is 1. The zero-order chi connectivity index (χ0) is 15.0. The van der Waals surface area contributed by atoms with Crippen LogP contribution in [0.15, 0.2) is 59.1 Å². The first-order valence-electron chi connectivity index (χ1n) is 6.34. The zero-order valence-corrected chi connectivity index (χ0v) is 12.5. The van der Waals surface area contributed by atoms with Crippen LogP contribution in [0.5, 0.6) is 0 Å². The maximum absolute atomic E-state index is 13.8. The zero-order valence-electron chi connectivity index (χ0n) is 10.9. The molecule has 0 atom stereocenters. The van der Waals surface area contributed by atoms with Crippen LogP contribution in [-0.4, -0.2) is 5.78 Å². The van der Waals surface area contributed by atoms with Crippen LogP contribution >= 0.6 is 15.9 Å². The molecule has 104 valence electrons. The van der Waals surface area contributed by atoms with Crippen molar-refractivity contribution >= 4 is 38.2 Å². The van der Waals surface area contributed by atoms with Crippen LogP contribution < -0.4 is 5.73 Å². The number of fused-ring (bicyclic) bond motifs is 1. The van der Waals surface area contributed by atoms with Gasteiger partial charge in [0, 0.05) is 26.7 Å². The van der Waals surface area contributed by atoms with E-state index in [4.69, 9.17) is 5.73 Å². The van der Waals surface area contributed by atoms with Gasteiger partial charge in [-0.05, 0) is 35.7 Å². The largest absolute Gasteiger partial charge is 0.399 e. The fraction of sp³-hybridized carbons (Fsp3) is 0. The fourth-order valence-electron chi connectivity index (χ4n) is 2.36. The number of carbonyl (C=O) groups is 1. The molecule has 0 aliphatic carbocycles. The Morgan fingerprint density at radius 3 is 2.43 bits per heavy atom. The lowest BCUT2D eigenvalue weighted by Crippen LogP contribution is -2.04. The number of carbonyl (C=O) groups excluding carboxylic acids is 1. The summed E-state index contributed by atoms with van der Waals surface area (Å²) in [6.07, 6.45) is 0. The Morgan fingerprint density at radius 1 is 1.00 bits per heavy atom. The van der Waals surface area contributed by atoms with Crippen molar-refractivity contribution in [2.75, 3.05) is 5.73 Å². The number of halogens is 2. The minimum Gasteiger partial charge on any atom is -0.399 e. The van der Waals surface area contributed by atoms with Crippen LogP contribution in [0.4, 0.5) is 10.1 Å². The van der Waals surface area contributed by atoms with Crippen molar-refractivity contribution in [2.45, 2.75) is 0 Å². The lowest BCUT2D eigenvalue weighted by atomic mass is 9.97. The van der Waals surface area contributed by atoms with E-state index < -0.39 is 0 Å². The Hall–Kier alpha value is -2.20. The number of hydrogen-bond donors (Lipinski definition) is 1. The summed E-state index contributed by atoms with van der Waals surface area (Å²) in [5.74, 6) is -0.518. The number of rotatable bonds is 2. The van der Waals surface area contributed by atoms with E-state index in [-0.39, 0.29) is 11.6 Å². The van der Waals surface area contributed by atoms with E-state index in [9.17, 15) is 9.18 Å².